The molecule has 4 amide bonds. The topological polar surface area (TPSA) is 95.0 Å². The number of halogens is 1. The molecule has 0 radical (unpaired) electrons. The zero-order valence-corrected chi connectivity index (χ0v) is 26.1. The Balaban J connectivity index is 1.33. The van der Waals surface area contributed by atoms with Crippen LogP contribution in [-0.4, -0.2) is 39.7 Å². The number of imide groups is 2. The maximum absolute atomic E-state index is 15.2. The maximum Gasteiger partial charge on any atom is 0.246 e. The second kappa shape index (κ2) is 10.9. The fourth-order valence-corrected chi connectivity index (χ4v) is 9.73. The first-order chi connectivity index (χ1) is 22.3. The van der Waals surface area contributed by atoms with Gasteiger partial charge < -0.3 is 5.11 Å². The summed E-state index contributed by atoms with van der Waals surface area (Å²) in [5, 5.41) is 11.1. The number of anilines is 1. The van der Waals surface area contributed by atoms with Gasteiger partial charge in [0, 0.05) is 17.0 Å². The summed E-state index contributed by atoms with van der Waals surface area (Å²) in [6.07, 6.45) is 7.50. The predicted octanol–water partition coefficient (Wildman–Crippen LogP) is 6.54. The highest BCUT2D eigenvalue weighted by Gasteiger charge is 2.70. The number of amides is 4. The third-order valence-electron chi connectivity index (χ3n) is 11.3. The van der Waals surface area contributed by atoms with E-state index in [9.17, 15) is 19.5 Å². The Hall–Kier alpha value is -4.23. The molecule has 0 spiro atoms. The van der Waals surface area contributed by atoms with E-state index in [1.807, 2.05) is 36.4 Å². The zero-order valence-electron chi connectivity index (χ0n) is 25.3. The number of fused-ring (bicyclic) bond motifs is 4. The van der Waals surface area contributed by atoms with Crippen LogP contribution in [0.3, 0.4) is 0 Å². The van der Waals surface area contributed by atoms with Crippen molar-refractivity contribution in [2.45, 2.75) is 62.3 Å². The lowest BCUT2D eigenvalue weighted by atomic mass is 9.49. The Morgan fingerprint density at radius 3 is 2.28 bits per heavy atom. The number of phenols is 1. The number of likely N-dealkylation sites (tertiary alicyclic amines) is 1. The number of allylic oxidation sites excluding steroid dienone is 2. The number of carbonyl (C=O) groups excluding carboxylic acids is 4. The third kappa shape index (κ3) is 4.10. The van der Waals surface area contributed by atoms with Crippen molar-refractivity contribution < 1.29 is 24.3 Å². The van der Waals surface area contributed by atoms with Crippen molar-refractivity contribution in [3.63, 3.8) is 0 Å². The number of benzene rings is 3. The molecule has 5 aliphatic rings. The molecule has 0 unspecified atom stereocenters. The van der Waals surface area contributed by atoms with Gasteiger partial charge in [0.1, 0.15) is 5.75 Å². The summed E-state index contributed by atoms with van der Waals surface area (Å²) < 4.78 is 0. The highest BCUT2D eigenvalue weighted by Crippen LogP contribution is 2.64. The van der Waals surface area contributed by atoms with Gasteiger partial charge in [0.05, 0.1) is 28.9 Å². The molecule has 8 heteroatoms. The number of carbonyl (C=O) groups is 4. The molecule has 6 atom stereocenters. The number of nitrogens with zero attached hydrogens (tertiary/aromatic N) is 2. The summed E-state index contributed by atoms with van der Waals surface area (Å²) in [4.78, 5) is 61.0. The fraction of sp³-hybridized carbons (Fsp3) is 0.368. The first-order valence-electron chi connectivity index (χ1n) is 16.4. The molecule has 3 aromatic carbocycles. The highest BCUT2D eigenvalue weighted by molar-refractivity contribution is 6.32. The predicted molar refractivity (Wildman–Crippen MR) is 173 cm³/mol. The lowest BCUT2D eigenvalue weighted by molar-refractivity contribution is -0.143. The first-order valence-corrected chi connectivity index (χ1v) is 16.8. The van der Waals surface area contributed by atoms with Gasteiger partial charge in [-0.25, -0.2) is 4.90 Å². The Bertz CT molecular complexity index is 1800. The van der Waals surface area contributed by atoms with Gasteiger partial charge in [0.2, 0.25) is 23.6 Å². The van der Waals surface area contributed by atoms with Crippen molar-refractivity contribution in [2.75, 3.05) is 4.90 Å². The van der Waals surface area contributed by atoms with Crippen LogP contribution >= 0.6 is 11.6 Å². The van der Waals surface area contributed by atoms with E-state index < -0.39 is 35.0 Å². The first kappa shape index (κ1) is 29.2. The molecule has 46 heavy (non-hydrogen) atoms. The molecule has 2 aliphatic heterocycles. The molecule has 8 rings (SSSR count). The summed E-state index contributed by atoms with van der Waals surface area (Å²) in [7, 11) is 0. The van der Waals surface area contributed by atoms with Crippen molar-refractivity contribution in [2.24, 2.45) is 23.7 Å². The van der Waals surface area contributed by atoms with Crippen molar-refractivity contribution in [1.82, 2.24) is 4.90 Å². The van der Waals surface area contributed by atoms with Gasteiger partial charge in [0.25, 0.3) is 0 Å². The molecule has 3 aromatic rings. The van der Waals surface area contributed by atoms with Crippen LogP contribution in [0.2, 0.25) is 5.02 Å². The molecule has 4 fully saturated rings. The van der Waals surface area contributed by atoms with Crippen LogP contribution in [0.25, 0.3) is 0 Å². The van der Waals surface area contributed by atoms with Crippen molar-refractivity contribution in [3.05, 3.63) is 107 Å². The van der Waals surface area contributed by atoms with Crippen molar-refractivity contribution in [1.29, 1.82) is 0 Å². The largest absolute Gasteiger partial charge is 0.508 e. The van der Waals surface area contributed by atoms with Crippen molar-refractivity contribution in [3.8, 4) is 5.75 Å². The maximum atomic E-state index is 15.2. The summed E-state index contributed by atoms with van der Waals surface area (Å²) in [5.74, 6) is -3.84. The molecule has 234 valence electrons. The Morgan fingerprint density at radius 2 is 1.54 bits per heavy atom. The lowest BCUT2D eigenvalue weighted by Crippen LogP contribution is -2.53. The molecule has 2 heterocycles. The summed E-state index contributed by atoms with van der Waals surface area (Å²) in [6, 6.07) is 23.0. The second-order valence-electron chi connectivity index (χ2n) is 13.5. The molecule has 2 saturated carbocycles. The summed E-state index contributed by atoms with van der Waals surface area (Å²) >= 11 is 6.37. The van der Waals surface area contributed by atoms with Crippen LogP contribution in [0.1, 0.15) is 62.0 Å². The van der Waals surface area contributed by atoms with Crippen LogP contribution in [-0.2, 0) is 24.6 Å². The molecular formula is C38H35ClN2O5. The second-order valence-corrected chi connectivity index (χ2v) is 14.0. The van der Waals surface area contributed by atoms with Gasteiger partial charge in [-0.05, 0) is 73.1 Å². The van der Waals surface area contributed by atoms with Crippen LogP contribution in [0.5, 0.6) is 5.75 Å². The number of hydrogen-bond acceptors (Lipinski definition) is 5. The molecular weight excluding hydrogens is 600 g/mol. The van der Waals surface area contributed by atoms with E-state index >= 15 is 4.79 Å². The van der Waals surface area contributed by atoms with Gasteiger partial charge >= 0.3 is 0 Å². The molecule has 0 aromatic heterocycles. The minimum atomic E-state index is -1.35. The molecule has 0 bridgehead atoms. The lowest BCUT2D eigenvalue weighted by Gasteiger charge is -2.50. The number of hydrogen-bond donors (Lipinski definition) is 1. The van der Waals surface area contributed by atoms with E-state index in [0.29, 0.717) is 28.3 Å². The normalized spacial score (nSPS) is 31.1. The number of aromatic hydroxyl groups is 1. The van der Waals surface area contributed by atoms with E-state index in [2.05, 4.69) is 6.08 Å². The minimum absolute atomic E-state index is 0.0488. The Morgan fingerprint density at radius 1 is 0.783 bits per heavy atom. The highest BCUT2D eigenvalue weighted by atomic mass is 35.5. The molecule has 7 nitrogen and oxygen atoms in total. The third-order valence-corrected chi connectivity index (χ3v) is 11.6. The van der Waals surface area contributed by atoms with Gasteiger partial charge in [-0.2, -0.15) is 0 Å². The van der Waals surface area contributed by atoms with E-state index in [4.69, 9.17) is 11.6 Å². The van der Waals surface area contributed by atoms with Crippen LogP contribution < -0.4 is 4.90 Å². The number of phenolic OH excluding ortho intramolecular Hbond substituents is 1. The van der Waals surface area contributed by atoms with E-state index in [-0.39, 0.29) is 41.8 Å². The SMILES string of the molecule is O=C1[C@@H]2C[C@@H]3C(=CC[C@@H]4C(=O)N(C5CCCCC5)C(=O)[C@@H]43)[C@H](c3cccc(O)c3)[C@]2(c2ccccc2)C(=O)N1c1cccc(Cl)c1. The average Bonchev–Trinajstić information content (AvgIpc) is 3.46. The summed E-state index contributed by atoms with van der Waals surface area (Å²) in [5.41, 5.74) is 1.34. The van der Waals surface area contributed by atoms with Crippen molar-refractivity contribution >= 4 is 40.9 Å². The average molecular weight is 635 g/mol. The Labute approximate surface area is 272 Å². The van der Waals surface area contributed by atoms with Gasteiger partial charge in [0.15, 0.2) is 0 Å². The summed E-state index contributed by atoms with van der Waals surface area (Å²) in [6.45, 7) is 0. The van der Waals surface area contributed by atoms with Gasteiger partial charge in [-0.1, -0.05) is 91.0 Å². The fourth-order valence-electron chi connectivity index (χ4n) is 9.55. The van der Waals surface area contributed by atoms with Crippen LogP contribution in [0.15, 0.2) is 90.5 Å². The van der Waals surface area contributed by atoms with Crippen LogP contribution in [0.4, 0.5) is 5.69 Å². The molecule has 1 N–H and O–H groups in total. The van der Waals surface area contributed by atoms with Gasteiger partial charge in [-0.15, -0.1) is 0 Å². The molecule has 3 aliphatic carbocycles. The van der Waals surface area contributed by atoms with E-state index in [0.717, 1.165) is 37.7 Å². The Kier molecular flexibility index (Phi) is 6.94. The smallest absolute Gasteiger partial charge is 0.246 e. The number of rotatable bonds is 4. The van der Waals surface area contributed by atoms with E-state index in [1.165, 1.54) is 4.90 Å². The standard InChI is InChI=1S/C38H35ClN2O5/c39-24-12-8-15-26(20-24)41-35(44)31-21-30-28(17-18-29-32(30)36(45)40(34(29)43)25-13-5-2-6-14-25)33(22-9-7-16-27(42)19-22)38(31,37(41)46)23-10-3-1-4-11-23/h1,3-4,7-12,15-17,19-20,25,29-33,42H,2,5-6,13-14,18,21H2/t29-,30+,31-,32-,33-,38+/m0/s1. The van der Waals surface area contributed by atoms with Crippen LogP contribution in [0, 0.1) is 23.7 Å². The minimum Gasteiger partial charge on any atom is -0.508 e. The quantitative estimate of drug-likeness (QED) is 0.260. The van der Waals surface area contributed by atoms with E-state index in [1.54, 1.807) is 47.4 Å². The van der Waals surface area contributed by atoms with Gasteiger partial charge in [-0.3, -0.25) is 24.1 Å². The zero-order chi connectivity index (χ0) is 31.7. The molecule has 2 saturated heterocycles. The monoisotopic (exact) mass is 634 g/mol.